The molecule has 96 valence electrons. The Labute approximate surface area is 103 Å². The minimum absolute atomic E-state index is 0.511. The van der Waals surface area contributed by atoms with Crippen molar-refractivity contribution in [2.75, 3.05) is 13.2 Å². The maximum absolute atomic E-state index is 5.52. The molecule has 0 amide bonds. The molecule has 1 aromatic heterocycles. The number of nitrogens with one attached hydrogen (secondary N) is 1. The summed E-state index contributed by atoms with van der Waals surface area (Å²) < 4.78 is 7.78. The Morgan fingerprint density at radius 2 is 2.47 bits per heavy atom. The molecule has 0 bridgehead atoms. The number of rotatable bonds is 5. The van der Waals surface area contributed by atoms with E-state index in [2.05, 4.69) is 28.7 Å². The van der Waals surface area contributed by atoms with Crippen molar-refractivity contribution in [2.45, 2.75) is 45.8 Å². The van der Waals surface area contributed by atoms with Gasteiger partial charge < -0.3 is 14.6 Å². The van der Waals surface area contributed by atoms with Crippen LogP contribution in [0.1, 0.15) is 32.4 Å². The van der Waals surface area contributed by atoms with Crippen LogP contribution in [-0.2, 0) is 17.8 Å². The molecular weight excluding hydrogens is 214 g/mol. The highest BCUT2D eigenvalue weighted by Gasteiger charge is 2.15. The smallest absolute Gasteiger partial charge is 0.0948 e. The lowest BCUT2D eigenvalue weighted by atomic mass is 10.0. The first-order valence-electron chi connectivity index (χ1n) is 6.56. The van der Waals surface area contributed by atoms with Gasteiger partial charge in [0.25, 0.3) is 0 Å². The SMILES string of the molecule is CC(C)NCc1cncn1CC1CCCOC1. The molecule has 0 aliphatic carbocycles. The number of hydrogen-bond donors (Lipinski definition) is 1. The minimum atomic E-state index is 0.511. The third-order valence-electron chi connectivity index (χ3n) is 3.20. The van der Waals surface area contributed by atoms with Gasteiger partial charge in [0.05, 0.1) is 18.6 Å². The zero-order valence-electron chi connectivity index (χ0n) is 10.9. The summed E-state index contributed by atoms with van der Waals surface area (Å²) in [5.74, 6) is 0.649. The van der Waals surface area contributed by atoms with E-state index in [1.165, 1.54) is 18.5 Å². The molecule has 1 atom stereocenters. The molecular formula is C13H23N3O. The van der Waals surface area contributed by atoms with Gasteiger partial charge in [0.1, 0.15) is 0 Å². The predicted octanol–water partition coefficient (Wildman–Crippen LogP) is 1.81. The van der Waals surface area contributed by atoms with Crippen molar-refractivity contribution in [3.05, 3.63) is 18.2 Å². The first-order chi connectivity index (χ1) is 8.25. The highest BCUT2D eigenvalue weighted by atomic mass is 16.5. The largest absolute Gasteiger partial charge is 0.381 e. The molecule has 1 saturated heterocycles. The van der Waals surface area contributed by atoms with Crippen LogP contribution in [0.3, 0.4) is 0 Å². The summed E-state index contributed by atoms with van der Waals surface area (Å²) in [6.07, 6.45) is 6.36. The standard InChI is InChI=1S/C13H23N3O/c1-11(2)15-7-13-6-14-10-16(13)8-12-4-3-5-17-9-12/h6,10-12,15H,3-5,7-9H2,1-2H3. The number of aromatic nitrogens is 2. The van der Waals surface area contributed by atoms with Gasteiger partial charge in [-0.15, -0.1) is 0 Å². The second-order valence-electron chi connectivity index (χ2n) is 5.16. The van der Waals surface area contributed by atoms with Gasteiger partial charge in [0.2, 0.25) is 0 Å². The van der Waals surface area contributed by atoms with Crippen LogP contribution >= 0.6 is 0 Å². The van der Waals surface area contributed by atoms with E-state index >= 15 is 0 Å². The maximum Gasteiger partial charge on any atom is 0.0948 e. The molecule has 0 spiro atoms. The van der Waals surface area contributed by atoms with Crippen LogP contribution in [0.4, 0.5) is 0 Å². The molecule has 1 unspecified atom stereocenters. The Kier molecular flexibility index (Phi) is 4.57. The van der Waals surface area contributed by atoms with E-state index in [-0.39, 0.29) is 0 Å². The number of hydrogen-bond acceptors (Lipinski definition) is 3. The summed E-state index contributed by atoms with van der Waals surface area (Å²) in [6.45, 7) is 8.09. The molecule has 1 N–H and O–H groups in total. The third kappa shape index (κ3) is 3.82. The highest BCUT2D eigenvalue weighted by Crippen LogP contribution is 2.16. The fourth-order valence-corrected chi connectivity index (χ4v) is 2.20. The lowest BCUT2D eigenvalue weighted by molar-refractivity contribution is 0.0480. The highest BCUT2D eigenvalue weighted by molar-refractivity contribution is 4.98. The summed E-state index contributed by atoms with van der Waals surface area (Å²) in [4.78, 5) is 4.25. The van der Waals surface area contributed by atoms with Crippen LogP contribution in [0.25, 0.3) is 0 Å². The van der Waals surface area contributed by atoms with Crippen molar-refractivity contribution in [1.82, 2.24) is 14.9 Å². The molecule has 0 saturated carbocycles. The Bertz CT molecular complexity index is 329. The Morgan fingerprint density at radius 3 is 3.18 bits per heavy atom. The molecule has 2 heterocycles. The van der Waals surface area contributed by atoms with Gasteiger partial charge in [0.15, 0.2) is 0 Å². The van der Waals surface area contributed by atoms with E-state index in [4.69, 9.17) is 4.74 Å². The van der Waals surface area contributed by atoms with Gasteiger partial charge in [-0.3, -0.25) is 0 Å². The number of imidazole rings is 1. The molecule has 4 nitrogen and oxygen atoms in total. The predicted molar refractivity (Wildman–Crippen MR) is 67.7 cm³/mol. The normalized spacial score (nSPS) is 21.0. The lowest BCUT2D eigenvalue weighted by Crippen LogP contribution is -2.26. The first-order valence-corrected chi connectivity index (χ1v) is 6.56. The molecule has 1 fully saturated rings. The average Bonchev–Trinajstić information content (AvgIpc) is 2.75. The van der Waals surface area contributed by atoms with Gasteiger partial charge in [-0.2, -0.15) is 0 Å². The van der Waals surface area contributed by atoms with Crippen molar-refractivity contribution >= 4 is 0 Å². The molecule has 17 heavy (non-hydrogen) atoms. The van der Waals surface area contributed by atoms with Crippen molar-refractivity contribution in [3.8, 4) is 0 Å². The third-order valence-corrected chi connectivity index (χ3v) is 3.20. The topological polar surface area (TPSA) is 39.1 Å². The van der Waals surface area contributed by atoms with Gasteiger partial charge in [-0.25, -0.2) is 4.98 Å². The van der Waals surface area contributed by atoms with E-state index in [0.717, 1.165) is 26.3 Å². The summed E-state index contributed by atoms with van der Waals surface area (Å²) in [5.41, 5.74) is 1.27. The van der Waals surface area contributed by atoms with E-state index in [9.17, 15) is 0 Å². The molecule has 4 heteroatoms. The van der Waals surface area contributed by atoms with Gasteiger partial charge in [-0.1, -0.05) is 13.8 Å². The second kappa shape index (κ2) is 6.17. The van der Waals surface area contributed by atoms with E-state index in [0.29, 0.717) is 12.0 Å². The number of nitrogens with zero attached hydrogens (tertiary/aromatic N) is 2. The second-order valence-corrected chi connectivity index (χ2v) is 5.16. The number of ether oxygens (including phenoxy) is 1. The fraction of sp³-hybridized carbons (Fsp3) is 0.769. The van der Waals surface area contributed by atoms with Crippen LogP contribution in [0.15, 0.2) is 12.5 Å². The monoisotopic (exact) mass is 237 g/mol. The van der Waals surface area contributed by atoms with Gasteiger partial charge in [0, 0.05) is 37.9 Å². The summed E-state index contributed by atoms with van der Waals surface area (Å²) >= 11 is 0. The maximum atomic E-state index is 5.52. The zero-order chi connectivity index (χ0) is 12.1. The van der Waals surface area contributed by atoms with E-state index < -0.39 is 0 Å². The first kappa shape index (κ1) is 12.6. The average molecular weight is 237 g/mol. The van der Waals surface area contributed by atoms with Crippen LogP contribution in [0.5, 0.6) is 0 Å². The van der Waals surface area contributed by atoms with Gasteiger partial charge >= 0.3 is 0 Å². The summed E-state index contributed by atoms with van der Waals surface area (Å²) in [6, 6.07) is 0.511. The van der Waals surface area contributed by atoms with Gasteiger partial charge in [-0.05, 0) is 12.8 Å². The zero-order valence-corrected chi connectivity index (χ0v) is 10.9. The molecule has 1 aliphatic rings. The van der Waals surface area contributed by atoms with Crippen LogP contribution in [-0.4, -0.2) is 28.8 Å². The Hall–Kier alpha value is -0.870. The van der Waals surface area contributed by atoms with Crippen molar-refractivity contribution in [3.63, 3.8) is 0 Å². The van der Waals surface area contributed by atoms with Crippen LogP contribution < -0.4 is 5.32 Å². The van der Waals surface area contributed by atoms with E-state index in [1.807, 2.05) is 12.5 Å². The van der Waals surface area contributed by atoms with E-state index in [1.54, 1.807) is 0 Å². The Balaban J connectivity index is 1.88. The summed E-state index contributed by atoms with van der Waals surface area (Å²) in [7, 11) is 0. The quantitative estimate of drug-likeness (QED) is 0.849. The van der Waals surface area contributed by atoms with Crippen molar-refractivity contribution in [1.29, 1.82) is 0 Å². The van der Waals surface area contributed by atoms with Crippen molar-refractivity contribution < 1.29 is 4.74 Å². The molecule has 0 aromatic carbocycles. The minimum Gasteiger partial charge on any atom is -0.381 e. The van der Waals surface area contributed by atoms with Crippen LogP contribution in [0.2, 0.25) is 0 Å². The fourth-order valence-electron chi connectivity index (χ4n) is 2.20. The lowest BCUT2D eigenvalue weighted by Gasteiger charge is -2.23. The molecule has 2 rings (SSSR count). The molecule has 1 aromatic rings. The van der Waals surface area contributed by atoms with Crippen molar-refractivity contribution in [2.24, 2.45) is 5.92 Å². The molecule has 0 radical (unpaired) electrons. The Morgan fingerprint density at radius 1 is 1.59 bits per heavy atom. The summed E-state index contributed by atoms with van der Waals surface area (Å²) in [5, 5.41) is 3.43. The van der Waals surface area contributed by atoms with Crippen LogP contribution in [0, 0.1) is 5.92 Å². The molecule has 1 aliphatic heterocycles.